The molecule has 0 N–H and O–H groups in total. The Labute approximate surface area is 178 Å². The van der Waals surface area contributed by atoms with Gasteiger partial charge in [-0.25, -0.2) is 0 Å². The van der Waals surface area contributed by atoms with E-state index in [-0.39, 0.29) is 11.9 Å². The molecule has 0 aromatic heterocycles. The summed E-state index contributed by atoms with van der Waals surface area (Å²) in [6.45, 7) is 5.95. The number of piperidine rings is 1. The molecular formula is C24H30N2O4. The fourth-order valence-electron chi connectivity index (χ4n) is 4.25. The average Bonchev–Trinajstić information content (AvgIpc) is 2.80. The summed E-state index contributed by atoms with van der Waals surface area (Å²) in [5.41, 5.74) is 2.18. The molecule has 1 saturated heterocycles. The van der Waals surface area contributed by atoms with Crippen LogP contribution in [0.3, 0.4) is 0 Å². The molecule has 0 bridgehead atoms. The van der Waals surface area contributed by atoms with E-state index in [0.29, 0.717) is 19.6 Å². The minimum atomic E-state index is 0.172. The number of amides is 1. The van der Waals surface area contributed by atoms with Gasteiger partial charge in [0.25, 0.3) is 0 Å². The van der Waals surface area contributed by atoms with Gasteiger partial charge in [-0.05, 0) is 54.8 Å². The fourth-order valence-corrected chi connectivity index (χ4v) is 4.25. The van der Waals surface area contributed by atoms with E-state index in [1.54, 1.807) is 7.11 Å². The zero-order valence-electron chi connectivity index (χ0n) is 17.8. The Morgan fingerprint density at radius 2 is 1.77 bits per heavy atom. The van der Waals surface area contributed by atoms with Gasteiger partial charge in [0.15, 0.2) is 11.5 Å². The summed E-state index contributed by atoms with van der Waals surface area (Å²) < 4.78 is 16.6. The molecule has 2 aromatic rings. The maximum atomic E-state index is 12.7. The number of carbonyl (C=O) groups is 1. The van der Waals surface area contributed by atoms with Crippen LogP contribution in [0, 0.1) is 0 Å². The third-order valence-corrected chi connectivity index (χ3v) is 5.86. The molecule has 6 nitrogen and oxygen atoms in total. The molecular weight excluding hydrogens is 380 g/mol. The topological polar surface area (TPSA) is 51.2 Å². The summed E-state index contributed by atoms with van der Waals surface area (Å²) in [5.74, 6) is 2.65. The first-order valence-electron chi connectivity index (χ1n) is 10.7. The third kappa shape index (κ3) is 4.54. The van der Waals surface area contributed by atoms with E-state index in [1.807, 2.05) is 42.2 Å². The number of ether oxygens (including phenoxy) is 3. The molecule has 2 aliphatic rings. The van der Waals surface area contributed by atoms with Crippen molar-refractivity contribution in [3.05, 3.63) is 48.0 Å². The number of fused-ring (bicyclic) bond motifs is 1. The van der Waals surface area contributed by atoms with Crippen LogP contribution in [-0.2, 0) is 11.3 Å². The predicted octanol–water partition coefficient (Wildman–Crippen LogP) is 3.87. The molecule has 6 heteroatoms. The zero-order chi connectivity index (χ0) is 20.9. The van der Waals surface area contributed by atoms with Crippen LogP contribution in [0.4, 0.5) is 5.69 Å². The number of hydrogen-bond donors (Lipinski definition) is 0. The second-order valence-corrected chi connectivity index (χ2v) is 7.80. The summed E-state index contributed by atoms with van der Waals surface area (Å²) >= 11 is 0. The Morgan fingerprint density at radius 3 is 2.43 bits per heavy atom. The van der Waals surface area contributed by atoms with Crippen molar-refractivity contribution in [1.82, 2.24) is 4.90 Å². The van der Waals surface area contributed by atoms with E-state index in [0.717, 1.165) is 55.4 Å². The SMILES string of the molecule is CCC(=O)N(c1ccc(OC)cc1)C1CCN(Cc2ccc3c(c2)OCCO3)CC1. The number of likely N-dealkylation sites (tertiary alicyclic amines) is 1. The summed E-state index contributed by atoms with van der Waals surface area (Å²) in [7, 11) is 1.65. The highest BCUT2D eigenvalue weighted by atomic mass is 16.6. The summed E-state index contributed by atoms with van der Waals surface area (Å²) in [6, 6.07) is 14.2. The summed E-state index contributed by atoms with van der Waals surface area (Å²) in [6.07, 6.45) is 2.42. The van der Waals surface area contributed by atoms with Crippen LogP contribution in [0.5, 0.6) is 17.2 Å². The minimum absolute atomic E-state index is 0.172. The Balaban J connectivity index is 1.39. The first-order chi connectivity index (χ1) is 14.7. The monoisotopic (exact) mass is 410 g/mol. The van der Waals surface area contributed by atoms with Crippen LogP contribution >= 0.6 is 0 Å². The number of nitrogens with zero attached hydrogens (tertiary/aromatic N) is 2. The molecule has 0 unspecified atom stereocenters. The number of hydrogen-bond acceptors (Lipinski definition) is 5. The first kappa shape index (κ1) is 20.5. The maximum Gasteiger partial charge on any atom is 0.226 e. The van der Waals surface area contributed by atoms with Gasteiger partial charge < -0.3 is 19.1 Å². The standard InChI is InChI=1S/C24H30N2O4/c1-3-24(27)26(19-5-7-21(28-2)8-6-19)20-10-12-25(13-11-20)17-18-4-9-22-23(16-18)30-15-14-29-22/h4-9,16,20H,3,10-15,17H2,1-2H3. The molecule has 1 amide bonds. The van der Waals surface area contributed by atoms with E-state index < -0.39 is 0 Å². The second kappa shape index (κ2) is 9.39. The van der Waals surface area contributed by atoms with Gasteiger partial charge in [-0.1, -0.05) is 13.0 Å². The highest BCUT2D eigenvalue weighted by Crippen LogP contribution is 2.32. The number of anilines is 1. The van der Waals surface area contributed by atoms with Crippen molar-refractivity contribution >= 4 is 11.6 Å². The van der Waals surface area contributed by atoms with Crippen molar-refractivity contribution in [3.8, 4) is 17.2 Å². The van der Waals surface area contributed by atoms with Gasteiger partial charge in [-0.15, -0.1) is 0 Å². The molecule has 160 valence electrons. The van der Waals surface area contributed by atoms with Crippen molar-refractivity contribution in [2.75, 3.05) is 38.3 Å². The normalized spacial score (nSPS) is 16.9. The highest BCUT2D eigenvalue weighted by Gasteiger charge is 2.28. The lowest BCUT2D eigenvalue weighted by atomic mass is 10.0. The van der Waals surface area contributed by atoms with Gasteiger partial charge in [-0.2, -0.15) is 0 Å². The fraction of sp³-hybridized carbons (Fsp3) is 0.458. The van der Waals surface area contributed by atoms with Gasteiger partial charge in [-0.3, -0.25) is 9.69 Å². The third-order valence-electron chi connectivity index (χ3n) is 5.86. The summed E-state index contributed by atoms with van der Waals surface area (Å²) in [4.78, 5) is 17.2. The van der Waals surface area contributed by atoms with Crippen LogP contribution in [-0.4, -0.2) is 50.3 Å². The maximum absolute atomic E-state index is 12.7. The highest BCUT2D eigenvalue weighted by molar-refractivity contribution is 5.93. The Morgan fingerprint density at radius 1 is 1.07 bits per heavy atom. The number of rotatable bonds is 6. The second-order valence-electron chi connectivity index (χ2n) is 7.80. The molecule has 1 fully saturated rings. The lowest BCUT2D eigenvalue weighted by Gasteiger charge is -2.38. The quantitative estimate of drug-likeness (QED) is 0.724. The van der Waals surface area contributed by atoms with Gasteiger partial charge >= 0.3 is 0 Å². The molecule has 0 aliphatic carbocycles. The molecule has 0 radical (unpaired) electrons. The Hall–Kier alpha value is -2.73. The minimum Gasteiger partial charge on any atom is -0.497 e. The number of benzene rings is 2. The number of methoxy groups -OCH3 is 1. The van der Waals surface area contributed by atoms with E-state index in [4.69, 9.17) is 14.2 Å². The van der Waals surface area contributed by atoms with Gasteiger partial charge in [0.05, 0.1) is 7.11 Å². The van der Waals surface area contributed by atoms with E-state index in [9.17, 15) is 4.79 Å². The molecule has 4 rings (SSSR count). The Bertz CT molecular complexity index is 860. The summed E-state index contributed by atoms with van der Waals surface area (Å²) in [5, 5.41) is 0. The molecule has 0 saturated carbocycles. The predicted molar refractivity (Wildman–Crippen MR) is 117 cm³/mol. The first-order valence-corrected chi connectivity index (χ1v) is 10.7. The van der Waals surface area contributed by atoms with Crippen molar-refractivity contribution in [3.63, 3.8) is 0 Å². The van der Waals surface area contributed by atoms with Gasteiger partial charge in [0, 0.05) is 37.8 Å². The van der Waals surface area contributed by atoms with Gasteiger partial charge in [0.2, 0.25) is 5.91 Å². The average molecular weight is 411 g/mol. The Kier molecular flexibility index (Phi) is 6.43. The van der Waals surface area contributed by atoms with Crippen molar-refractivity contribution in [2.45, 2.75) is 38.8 Å². The van der Waals surface area contributed by atoms with E-state index in [2.05, 4.69) is 17.0 Å². The molecule has 2 aromatic carbocycles. The molecule has 0 atom stereocenters. The van der Waals surface area contributed by atoms with Gasteiger partial charge in [0.1, 0.15) is 19.0 Å². The van der Waals surface area contributed by atoms with Crippen molar-refractivity contribution in [1.29, 1.82) is 0 Å². The molecule has 2 aliphatic heterocycles. The van der Waals surface area contributed by atoms with Crippen LogP contribution in [0.1, 0.15) is 31.7 Å². The van der Waals surface area contributed by atoms with Crippen LogP contribution in [0.2, 0.25) is 0 Å². The zero-order valence-corrected chi connectivity index (χ0v) is 17.8. The van der Waals surface area contributed by atoms with E-state index in [1.165, 1.54) is 5.56 Å². The van der Waals surface area contributed by atoms with Crippen molar-refractivity contribution < 1.29 is 19.0 Å². The van der Waals surface area contributed by atoms with Crippen LogP contribution < -0.4 is 19.1 Å². The lowest BCUT2D eigenvalue weighted by Crippen LogP contribution is -2.47. The smallest absolute Gasteiger partial charge is 0.226 e. The molecule has 2 heterocycles. The molecule has 30 heavy (non-hydrogen) atoms. The number of carbonyl (C=O) groups excluding carboxylic acids is 1. The van der Waals surface area contributed by atoms with E-state index >= 15 is 0 Å². The largest absolute Gasteiger partial charge is 0.497 e. The van der Waals surface area contributed by atoms with Crippen LogP contribution in [0.25, 0.3) is 0 Å². The van der Waals surface area contributed by atoms with Crippen LogP contribution in [0.15, 0.2) is 42.5 Å². The molecule has 0 spiro atoms. The lowest BCUT2D eigenvalue weighted by molar-refractivity contribution is -0.119. The van der Waals surface area contributed by atoms with Crippen molar-refractivity contribution in [2.24, 2.45) is 0 Å².